The number of nitrogens with one attached hydrogen (secondary N) is 1. The van der Waals surface area contributed by atoms with Gasteiger partial charge < -0.3 is 14.1 Å². The molecule has 0 bridgehead atoms. The van der Waals surface area contributed by atoms with Crippen LogP contribution in [0.1, 0.15) is 28.6 Å². The highest BCUT2D eigenvalue weighted by atomic mass is 19.4. The van der Waals surface area contributed by atoms with Crippen molar-refractivity contribution in [1.82, 2.24) is 10.2 Å². The van der Waals surface area contributed by atoms with E-state index in [0.717, 1.165) is 18.2 Å². The maximum absolute atomic E-state index is 13.3. The second-order valence-corrected chi connectivity index (χ2v) is 6.86. The number of rotatable bonds is 5. The molecule has 1 aliphatic rings. The molecule has 0 unspecified atom stereocenters. The van der Waals surface area contributed by atoms with Gasteiger partial charge in [-0.1, -0.05) is 11.2 Å². The Labute approximate surface area is 177 Å². The maximum atomic E-state index is 13.3. The molecule has 32 heavy (non-hydrogen) atoms. The van der Waals surface area contributed by atoms with Crippen LogP contribution in [-0.4, -0.2) is 34.9 Å². The number of carbonyl (C=O) groups is 2. The van der Waals surface area contributed by atoms with Gasteiger partial charge in [0.15, 0.2) is 0 Å². The highest BCUT2D eigenvalue weighted by Crippen LogP contribution is 2.33. The molecule has 1 aliphatic heterocycles. The lowest BCUT2D eigenvalue weighted by molar-refractivity contribution is -0.274. The van der Waals surface area contributed by atoms with Crippen molar-refractivity contribution in [3.05, 3.63) is 65.8 Å². The molecule has 12 heteroatoms. The van der Waals surface area contributed by atoms with E-state index in [1.165, 1.54) is 35.2 Å². The zero-order valence-corrected chi connectivity index (χ0v) is 16.1. The van der Waals surface area contributed by atoms with Crippen LogP contribution in [0.2, 0.25) is 0 Å². The number of ether oxygens (including phenoxy) is 1. The minimum Gasteiger partial charge on any atom is -0.407 e. The van der Waals surface area contributed by atoms with Crippen LogP contribution in [0.15, 0.2) is 52.9 Å². The summed E-state index contributed by atoms with van der Waals surface area (Å²) in [6, 6.07) is 9.70. The minimum absolute atomic E-state index is 0.0281. The first-order valence-electron chi connectivity index (χ1n) is 9.24. The van der Waals surface area contributed by atoms with Crippen molar-refractivity contribution in [2.45, 2.75) is 18.7 Å². The number of anilines is 2. The maximum Gasteiger partial charge on any atom is 0.573 e. The second kappa shape index (κ2) is 8.29. The monoisotopic (exact) mass is 450 g/mol. The van der Waals surface area contributed by atoms with Crippen molar-refractivity contribution in [2.75, 3.05) is 16.8 Å². The molecular formula is C20H14F4N4O4. The number of hydrogen-bond acceptors (Lipinski definition) is 6. The minimum atomic E-state index is -4.81. The van der Waals surface area contributed by atoms with Gasteiger partial charge in [-0.3, -0.25) is 14.9 Å². The molecule has 166 valence electrons. The van der Waals surface area contributed by atoms with Gasteiger partial charge >= 0.3 is 12.4 Å². The van der Waals surface area contributed by atoms with E-state index in [-0.39, 0.29) is 36.3 Å². The Kier molecular flexibility index (Phi) is 5.51. The van der Waals surface area contributed by atoms with Crippen LogP contribution in [0.25, 0.3) is 0 Å². The molecule has 2 heterocycles. The highest BCUT2D eigenvalue weighted by Gasteiger charge is 2.35. The van der Waals surface area contributed by atoms with Crippen LogP contribution < -0.4 is 15.0 Å². The first-order valence-corrected chi connectivity index (χ1v) is 9.24. The van der Waals surface area contributed by atoms with Crippen LogP contribution in [-0.2, 0) is 4.79 Å². The number of aromatic nitrogens is 2. The fourth-order valence-corrected chi connectivity index (χ4v) is 3.20. The van der Waals surface area contributed by atoms with Gasteiger partial charge in [0.1, 0.15) is 11.6 Å². The Morgan fingerprint density at radius 2 is 1.91 bits per heavy atom. The zero-order valence-electron chi connectivity index (χ0n) is 16.1. The molecule has 1 saturated heterocycles. The molecule has 3 aromatic rings. The standard InChI is InChI=1S/C20H14F4N4O4/c21-13-3-1-2-11(8-13)17(30)25-19-27-26-18(31-19)12-9-16(29)28(10-12)14-4-6-15(7-5-14)32-20(22,23)24/h1-8,12H,9-10H2,(H,25,27,30)/t12-/m0/s1. The van der Waals surface area contributed by atoms with Gasteiger partial charge in [0.05, 0.1) is 5.92 Å². The number of carbonyl (C=O) groups excluding carboxylic acids is 2. The van der Waals surface area contributed by atoms with Crippen molar-refractivity contribution in [3.8, 4) is 5.75 Å². The molecule has 0 radical (unpaired) electrons. The van der Waals surface area contributed by atoms with Crippen molar-refractivity contribution in [1.29, 1.82) is 0 Å². The Bertz CT molecular complexity index is 1150. The quantitative estimate of drug-likeness (QED) is 0.593. The molecule has 0 spiro atoms. The lowest BCUT2D eigenvalue weighted by Gasteiger charge is -2.17. The lowest BCUT2D eigenvalue weighted by atomic mass is 10.1. The van der Waals surface area contributed by atoms with E-state index in [0.29, 0.717) is 5.69 Å². The molecule has 1 fully saturated rings. The average Bonchev–Trinajstić information content (AvgIpc) is 3.34. The van der Waals surface area contributed by atoms with E-state index < -0.39 is 29.8 Å². The number of halogens is 4. The number of nitrogens with zero attached hydrogens (tertiary/aromatic N) is 3. The van der Waals surface area contributed by atoms with E-state index in [4.69, 9.17) is 4.42 Å². The summed E-state index contributed by atoms with van der Waals surface area (Å²) in [4.78, 5) is 25.9. The molecular weight excluding hydrogens is 436 g/mol. The lowest BCUT2D eigenvalue weighted by Crippen LogP contribution is -2.24. The Morgan fingerprint density at radius 3 is 2.59 bits per heavy atom. The van der Waals surface area contributed by atoms with E-state index in [9.17, 15) is 27.2 Å². The first kappa shape index (κ1) is 21.3. The molecule has 1 N–H and O–H groups in total. The summed E-state index contributed by atoms with van der Waals surface area (Å²) >= 11 is 0. The summed E-state index contributed by atoms with van der Waals surface area (Å²) in [6.45, 7) is 0.151. The fourth-order valence-electron chi connectivity index (χ4n) is 3.20. The molecule has 1 atom stereocenters. The van der Waals surface area contributed by atoms with Crippen LogP contribution >= 0.6 is 0 Å². The third kappa shape index (κ3) is 4.85. The van der Waals surface area contributed by atoms with Gasteiger partial charge in [0.25, 0.3) is 5.91 Å². The van der Waals surface area contributed by atoms with E-state index in [1.54, 1.807) is 0 Å². The normalized spacial score (nSPS) is 16.3. The molecule has 0 aliphatic carbocycles. The SMILES string of the molecule is O=C(Nc1nnc([C@H]2CC(=O)N(c3ccc(OC(F)(F)F)cc3)C2)o1)c1cccc(F)c1. The molecule has 1 aromatic heterocycles. The Balaban J connectivity index is 1.41. The molecule has 8 nitrogen and oxygen atoms in total. The largest absolute Gasteiger partial charge is 0.573 e. The summed E-state index contributed by atoms with van der Waals surface area (Å²) < 4.78 is 59.4. The third-order valence-corrected chi connectivity index (χ3v) is 4.60. The zero-order chi connectivity index (χ0) is 22.9. The van der Waals surface area contributed by atoms with Crippen molar-refractivity contribution >= 4 is 23.5 Å². The van der Waals surface area contributed by atoms with Crippen molar-refractivity contribution in [3.63, 3.8) is 0 Å². The summed E-state index contributed by atoms with van der Waals surface area (Å²) in [5.74, 6) is -2.30. The molecule has 4 rings (SSSR count). The van der Waals surface area contributed by atoms with E-state index in [2.05, 4.69) is 20.3 Å². The van der Waals surface area contributed by atoms with Gasteiger partial charge in [-0.05, 0) is 42.5 Å². The predicted octanol–water partition coefficient (Wildman–Crippen LogP) is 3.88. The van der Waals surface area contributed by atoms with E-state index >= 15 is 0 Å². The summed E-state index contributed by atoms with van der Waals surface area (Å²) in [5.41, 5.74) is 0.441. The van der Waals surface area contributed by atoms with Gasteiger partial charge in [-0.2, -0.15) is 0 Å². The highest BCUT2D eigenvalue weighted by molar-refractivity contribution is 6.03. The van der Waals surface area contributed by atoms with Crippen LogP contribution in [0.4, 0.5) is 29.3 Å². The summed E-state index contributed by atoms with van der Waals surface area (Å²) in [7, 11) is 0. The first-order chi connectivity index (χ1) is 15.2. The van der Waals surface area contributed by atoms with Crippen molar-refractivity contribution < 1.29 is 36.3 Å². The second-order valence-electron chi connectivity index (χ2n) is 6.86. The molecule has 2 amide bonds. The Hall–Kier alpha value is -3.96. The van der Waals surface area contributed by atoms with Gasteiger partial charge in [0, 0.05) is 24.2 Å². The predicted molar refractivity (Wildman–Crippen MR) is 101 cm³/mol. The van der Waals surface area contributed by atoms with Crippen LogP contribution in [0, 0.1) is 5.82 Å². The number of alkyl halides is 3. The number of hydrogen-bond donors (Lipinski definition) is 1. The third-order valence-electron chi connectivity index (χ3n) is 4.60. The van der Waals surface area contributed by atoms with Crippen LogP contribution in [0.5, 0.6) is 5.75 Å². The van der Waals surface area contributed by atoms with Gasteiger partial charge in [-0.25, -0.2) is 4.39 Å². The molecule has 2 aromatic carbocycles. The number of amides is 2. The topological polar surface area (TPSA) is 97.6 Å². The Morgan fingerprint density at radius 1 is 1.16 bits per heavy atom. The van der Waals surface area contributed by atoms with Crippen molar-refractivity contribution in [2.24, 2.45) is 0 Å². The smallest absolute Gasteiger partial charge is 0.407 e. The number of benzene rings is 2. The van der Waals surface area contributed by atoms with Gasteiger partial charge in [0.2, 0.25) is 11.8 Å². The summed E-state index contributed by atoms with van der Waals surface area (Å²) in [6.07, 6.45) is -4.78. The van der Waals surface area contributed by atoms with Gasteiger partial charge in [-0.15, -0.1) is 18.3 Å². The summed E-state index contributed by atoms with van der Waals surface area (Å²) in [5, 5.41) is 9.93. The average molecular weight is 450 g/mol. The fraction of sp³-hybridized carbons (Fsp3) is 0.200. The van der Waals surface area contributed by atoms with Crippen LogP contribution in [0.3, 0.4) is 0 Å². The van der Waals surface area contributed by atoms with E-state index in [1.807, 2.05) is 0 Å². The molecule has 0 saturated carbocycles.